The summed E-state index contributed by atoms with van der Waals surface area (Å²) in [6.07, 6.45) is 5.64. The van der Waals surface area contributed by atoms with Crippen molar-refractivity contribution in [1.29, 1.82) is 0 Å². The number of hydrogen-bond acceptors (Lipinski definition) is 2. The van der Waals surface area contributed by atoms with Crippen molar-refractivity contribution in [2.75, 3.05) is 13.1 Å². The molecule has 2 N–H and O–H groups in total. The Labute approximate surface area is 104 Å². The molecule has 0 aromatic carbocycles. The van der Waals surface area contributed by atoms with Gasteiger partial charge in [0, 0.05) is 36.4 Å². The topological polar surface area (TPSA) is 69.2 Å². The van der Waals surface area contributed by atoms with Gasteiger partial charge in [-0.15, -0.1) is 0 Å². The lowest BCUT2D eigenvalue weighted by Gasteiger charge is -2.24. The van der Waals surface area contributed by atoms with Crippen LogP contribution in [0.1, 0.15) is 12.0 Å². The van der Waals surface area contributed by atoms with Crippen molar-refractivity contribution in [1.82, 2.24) is 14.9 Å². The second-order valence-electron chi connectivity index (χ2n) is 4.32. The molecule has 0 fully saturated rings. The molecule has 0 unspecified atom stereocenters. The van der Waals surface area contributed by atoms with Crippen LogP contribution < -0.4 is 0 Å². The maximum atomic E-state index is 11.0. The third-order valence-corrected chi connectivity index (χ3v) is 3.22. The van der Waals surface area contributed by atoms with E-state index in [1.54, 1.807) is 6.20 Å². The summed E-state index contributed by atoms with van der Waals surface area (Å²) in [5.41, 5.74) is 2.92. The predicted molar refractivity (Wildman–Crippen MR) is 68.3 cm³/mol. The number of H-pyrrole nitrogens is 1. The van der Waals surface area contributed by atoms with Gasteiger partial charge in [-0.2, -0.15) is 0 Å². The molecule has 1 aliphatic rings. The molecule has 0 atom stereocenters. The lowest BCUT2D eigenvalue weighted by Crippen LogP contribution is -2.34. The number of hydrogen-bond donors (Lipinski definition) is 2. The lowest BCUT2D eigenvalue weighted by atomic mass is 10.0. The van der Waals surface area contributed by atoms with Crippen LogP contribution in [0.25, 0.3) is 16.6 Å². The van der Waals surface area contributed by atoms with E-state index in [2.05, 4.69) is 16.0 Å². The summed E-state index contributed by atoms with van der Waals surface area (Å²) in [4.78, 5) is 19.8. The second kappa shape index (κ2) is 4.18. The van der Waals surface area contributed by atoms with Crippen molar-refractivity contribution in [3.8, 4) is 0 Å². The molecule has 0 saturated carbocycles. The van der Waals surface area contributed by atoms with Crippen molar-refractivity contribution in [2.45, 2.75) is 6.42 Å². The first-order valence-corrected chi connectivity index (χ1v) is 5.85. The summed E-state index contributed by atoms with van der Waals surface area (Å²) in [5, 5.41) is 10.1. The van der Waals surface area contributed by atoms with E-state index in [-0.39, 0.29) is 0 Å². The van der Waals surface area contributed by atoms with Gasteiger partial charge in [0.15, 0.2) is 0 Å². The number of carboxylic acid groups (broad SMARTS) is 1. The first-order valence-electron chi connectivity index (χ1n) is 5.85. The highest BCUT2D eigenvalue weighted by atomic mass is 16.4. The highest BCUT2D eigenvalue weighted by Crippen LogP contribution is 2.26. The van der Waals surface area contributed by atoms with Gasteiger partial charge in [0.05, 0.1) is 0 Å². The Morgan fingerprint density at radius 3 is 3.22 bits per heavy atom. The zero-order valence-corrected chi connectivity index (χ0v) is 9.76. The molecule has 1 amide bonds. The van der Waals surface area contributed by atoms with Crippen molar-refractivity contribution >= 4 is 22.7 Å². The number of amides is 1. The minimum Gasteiger partial charge on any atom is -0.465 e. The highest BCUT2D eigenvalue weighted by Gasteiger charge is 2.19. The zero-order chi connectivity index (χ0) is 12.5. The van der Waals surface area contributed by atoms with Gasteiger partial charge in [0.25, 0.3) is 0 Å². The van der Waals surface area contributed by atoms with E-state index in [1.807, 2.05) is 18.3 Å². The number of rotatable bonds is 1. The van der Waals surface area contributed by atoms with E-state index in [1.165, 1.54) is 4.90 Å². The van der Waals surface area contributed by atoms with Crippen LogP contribution in [-0.2, 0) is 0 Å². The molecule has 0 aliphatic carbocycles. The molecule has 3 rings (SSSR count). The van der Waals surface area contributed by atoms with E-state index in [0.717, 1.165) is 28.6 Å². The average Bonchev–Trinajstić information content (AvgIpc) is 2.82. The molecule has 0 spiro atoms. The average molecular weight is 243 g/mol. The third kappa shape index (κ3) is 1.73. The van der Waals surface area contributed by atoms with Gasteiger partial charge < -0.3 is 15.0 Å². The van der Waals surface area contributed by atoms with Crippen LogP contribution in [0.3, 0.4) is 0 Å². The highest BCUT2D eigenvalue weighted by molar-refractivity contribution is 5.91. The van der Waals surface area contributed by atoms with Gasteiger partial charge in [0.1, 0.15) is 5.65 Å². The normalized spacial score (nSPS) is 15.8. The molecule has 2 aromatic rings. The zero-order valence-electron chi connectivity index (χ0n) is 9.76. The monoisotopic (exact) mass is 243 g/mol. The Morgan fingerprint density at radius 2 is 2.39 bits per heavy atom. The van der Waals surface area contributed by atoms with Crippen LogP contribution in [0.2, 0.25) is 0 Å². The van der Waals surface area contributed by atoms with Crippen LogP contribution >= 0.6 is 0 Å². The van der Waals surface area contributed by atoms with Crippen LogP contribution in [0, 0.1) is 0 Å². The molecule has 5 nitrogen and oxygen atoms in total. The first-order chi connectivity index (χ1) is 8.75. The molecular weight excluding hydrogens is 230 g/mol. The standard InChI is InChI=1S/C13H13N3O2/c17-13(18)16-6-2-3-9(8-16)11-7-15-12-10(11)4-1-5-14-12/h1,3-5,7H,2,6,8H2,(H,14,15)(H,17,18). The molecule has 18 heavy (non-hydrogen) atoms. The van der Waals surface area contributed by atoms with E-state index >= 15 is 0 Å². The quantitative estimate of drug-likeness (QED) is 0.807. The fourth-order valence-electron chi connectivity index (χ4n) is 2.32. The molecule has 0 saturated heterocycles. The molecule has 5 heteroatoms. The molecule has 0 radical (unpaired) electrons. The summed E-state index contributed by atoms with van der Waals surface area (Å²) in [5.74, 6) is 0. The summed E-state index contributed by atoms with van der Waals surface area (Å²) in [6.45, 7) is 1.01. The Balaban J connectivity index is 2.00. The van der Waals surface area contributed by atoms with Crippen molar-refractivity contribution < 1.29 is 9.90 Å². The summed E-state index contributed by atoms with van der Waals surface area (Å²) in [6, 6.07) is 3.88. The smallest absolute Gasteiger partial charge is 0.407 e. The van der Waals surface area contributed by atoms with Gasteiger partial charge in [0.2, 0.25) is 0 Å². The maximum Gasteiger partial charge on any atom is 0.407 e. The number of nitrogens with zero attached hydrogens (tertiary/aromatic N) is 2. The number of aromatic nitrogens is 2. The number of fused-ring (bicyclic) bond motifs is 1. The molecule has 2 aromatic heterocycles. The van der Waals surface area contributed by atoms with Crippen molar-refractivity contribution in [3.63, 3.8) is 0 Å². The lowest BCUT2D eigenvalue weighted by molar-refractivity contribution is 0.150. The Bertz CT molecular complexity index is 630. The van der Waals surface area contributed by atoms with Crippen LogP contribution in [0.15, 0.2) is 30.6 Å². The van der Waals surface area contributed by atoms with E-state index in [4.69, 9.17) is 5.11 Å². The minimum absolute atomic E-state index is 0.442. The van der Waals surface area contributed by atoms with Crippen LogP contribution in [0.5, 0.6) is 0 Å². The molecular formula is C13H13N3O2. The number of pyridine rings is 1. The largest absolute Gasteiger partial charge is 0.465 e. The second-order valence-corrected chi connectivity index (χ2v) is 4.32. The summed E-state index contributed by atoms with van der Waals surface area (Å²) in [7, 11) is 0. The predicted octanol–water partition coefficient (Wildman–Crippen LogP) is 2.33. The molecule has 0 bridgehead atoms. The molecule has 92 valence electrons. The van der Waals surface area contributed by atoms with Gasteiger partial charge >= 0.3 is 6.09 Å². The fraction of sp³-hybridized carbons (Fsp3) is 0.231. The van der Waals surface area contributed by atoms with Crippen LogP contribution in [-0.4, -0.2) is 39.2 Å². The Hall–Kier alpha value is -2.30. The Kier molecular flexibility index (Phi) is 2.51. The first kappa shape index (κ1) is 10.8. The summed E-state index contributed by atoms with van der Waals surface area (Å²) >= 11 is 0. The van der Waals surface area contributed by atoms with Gasteiger partial charge in [-0.05, 0) is 24.1 Å². The number of aromatic amines is 1. The minimum atomic E-state index is -0.862. The molecule has 1 aliphatic heterocycles. The fourth-order valence-corrected chi connectivity index (χ4v) is 2.32. The summed E-state index contributed by atoms with van der Waals surface area (Å²) < 4.78 is 0. The van der Waals surface area contributed by atoms with Crippen LogP contribution in [0.4, 0.5) is 4.79 Å². The van der Waals surface area contributed by atoms with E-state index in [9.17, 15) is 4.79 Å². The number of nitrogens with one attached hydrogen (secondary N) is 1. The maximum absolute atomic E-state index is 11.0. The van der Waals surface area contributed by atoms with Gasteiger partial charge in [-0.25, -0.2) is 9.78 Å². The van der Waals surface area contributed by atoms with E-state index in [0.29, 0.717) is 13.1 Å². The van der Waals surface area contributed by atoms with E-state index < -0.39 is 6.09 Å². The van der Waals surface area contributed by atoms with Gasteiger partial charge in [-0.1, -0.05) is 6.08 Å². The molecule has 3 heterocycles. The Morgan fingerprint density at radius 1 is 1.50 bits per heavy atom. The van der Waals surface area contributed by atoms with Crippen molar-refractivity contribution in [3.05, 3.63) is 36.2 Å². The third-order valence-electron chi connectivity index (χ3n) is 3.22. The number of carbonyl (C=O) groups is 1. The van der Waals surface area contributed by atoms with Crippen molar-refractivity contribution in [2.24, 2.45) is 0 Å². The SMILES string of the molecule is O=C(O)N1CCC=C(c2c[nH]c3ncccc23)C1. The van der Waals surface area contributed by atoms with Gasteiger partial charge in [-0.3, -0.25) is 0 Å².